The Morgan fingerprint density at radius 3 is 2.73 bits per heavy atom. The molecule has 0 aliphatic rings. The Kier molecular flexibility index (Phi) is 4.78. The Morgan fingerprint density at radius 1 is 1.47 bits per heavy atom. The molecule has 4 heteroatoms. The van der Waals surface area contributed by atoms with Crippen molar-refractivity contribution in [2.24, 2.45) is 0 Å². The van der Waals surface area contributed by atoms with Gasteiger partial charge in [-0.3, -0.25) is 0 Å². The third-order valence-corrected chi connectivity index (χ3v) is 2.01. The molecule has 0 bridgehead atoms. The van der Waals surface area contributed by atoms with E-state index in [1.165, 1.54) is 0 Å². The van der Waals surface area contributed by atoms with Crippen LogP contribution in [0.5, 0.6) is 0 Å². The zero-order valence-electron chi connectivity index (χ0n) is 9.91. The third kappa shape index (κ3) is 4.44. The third-order valence-electron chi connectivity index (χ3n) is 2.01. The first-order valence-electron chi connectivity index (χ1n) is 5.37. The van der Waals surface area contributed by atoms with Crippen molar-refractivity contribution in [1.29, 1.82) is 0 Å². The molecule has 1 N–H and O–H groups in total. The maximum Gasteiger partial charge on any atom is 0.211 e. The average Bonchev–Trinajstić information content (AvgIpc) is 2.59. The van der Waals surface area contributed by atoms with Gasteiger partial charge in [0.05, 0.1) is 24.9 Å². The number of nitrogens with zero attached hydrogens (tertiary/aromatic N) is 1. The summed E-state index contributed by atoms with van der Waals surface area (Å²) in [5, 5.41) is 3.29. The lowest BCUT2D eigenvalue weighted by Gasteiger charge is -2.11. The molecule has 86 valence electrons. The van der Waals surface area contributed by atoms with Crippen LogP contribution in [0.1, 0.15) is 38.5 Å². The standard InChI is InChI=1S/C11H20N2O2/c1-8(2)14-6-5-12-10(4)11-13-7-9(3)15-11/h7-8,10,12H,5-6H2,1-4H3. The molecule has 1 aromatic rings. The van der Waals surface area contributed by atoms with Crippen LogP contribution >= 0.6 is 0 Å². The number of hydrogen-bond donors (Lipinski definition) is 1. The molecule has 0 aliphatic carbocycles. The molecule has 0 saturated carbocycles. The van der Waals surface area contributed by atoms with Crippen LogP contribution in [0, 0.1) is 6.92 Å². The van der Waals surface area contributed by atoms with Gasteiger partial charge in [-0.25, -0.2) is 4.98 Å². The van der Waals surface area contributed by atoms with E-state index in [0.29, 0.717) is 6.61 Å². The molecule has 1 heterocycles. The first kappa shape index (κ1) is 12.2. The van der Waals surface area contributed by atoms with Gasteiger partial charge in [-0.15, -0.1) is 0 Å². The molecule has 1 rings (SSSR count). The number of nitrogens with one attached hydrogen (secondary N) is 1. The van der Waals surface area contributed by atoms with Gasteiger partial charge in [-0.05, 0) is 27.7 Å². The molecule has 1 aromatic heterocycles. The van der Waals surface area contributed by atoms with Crippen LogP contribution in [0.2, 0.25) is 0 Å². The normalized spacial score (nSPS) is 13.4. The molecular weight excluding hydrogens is 192 g/mol. The first-order chi connectivity index (χ1) is 7.09. The highest BCUT2D eigenvalue weighted by Crippen LogP contribution is 2.11. The Balaban J connectivity index is 2.21. The number of oxazole rings is 1. The van der Waals surface area contributed by atoms with E-state index in [-0.39, 0.29) is 12.1 Å². The van der Waals surface area contributed by atoms with Crippen molar-refractivity contribution in [1.82, 2.24) is 10.3 Å². The molecule has 15 heavy (non-hydrogen) atoms. The molecule has 0 spiro atoms. The minimum atomic E-state index is 0.134. The molecular formula is C11H20N2O2. The lowest BCUT2D eigenvalue weighted by Crippen LogP contribution is -2.24. The summed E-state index contributed by atoms with van der Waals surface area (Å²) >= 11 is 0. The van der Waals surface area contributed by atoms with E-state index in [1.807, 2.05) is 27.7 Å². The van der Waals surface area contributed by atoms with Gasteiger partial charge < -0.3 is 14.5 Å². The lowest BCUT2D eigenvalue weighted by molar-refractivity contribution is 0.0791. The van der Waals surface area contributed by atoms with E-state index in [1.54, 1.807) is 6.20 Å². The quantitative estimate of drug-likeness (QED) is 0.733. The van der Waals surface area contributed by atoms with Crippen LogP contribution in [0.4, 0.5) is 0 Å². The topological polar surface area (TPSA) is 47.3 Å². The predicted octanol–water partition coefficient (Wildman–Crippen LogP) is 2.06. The minimum absolute atomic E-state index is 0.134. The number of aromatic nitrogens is 1. The summed E-state index contributed by atoms with van der Waals surface area (Å²) in [6, 6.07) is 0.134. The summed E-state index contributed by atoms with van der Waals surface area (Å²) in [6.45, 7) is 9.50. The second kappa shape index (κ2) is 5.88. The zero-order valence-corrected chi connectivity index (χ0v) is 9.91. The zero-order chi connectivity index (χ0) is 11.3. The Bertz CT molecular complexity index is 284. The van der Waals surface area contributed by atoms with E-state index < -0.39 is 0 Å². The highest BCUT2D eigenvalue weighted by Gasteiger charge is 2.09. The molecule has 0 aliphatic heterocycles. The molecule has 1 atom stereocenters. The number of aryl methyl sites for hydroxylation is 1. The number of hydrogen-bond acceptors (Lipinski definition) is 4. The molecule has 0 fully saturated rings. The average molecular weight is 212 g/mol. The van der Waals surface area contributed by atoms with Crippen molar-refractivity contribution >= 4 is 0 Å². The van der Waals surface area contributed by atoms with Crippen molar-refractivity contribution in [3.05, 3.63) is 17.8 Å². The van der Waals surface area contributed by atoms with Crippen LogP contribution < -0.4 is 5.32 Å². The molecule has 0 aromatic carbocycles. The van der Waals surface area contributed by atoms with Crippen LogP contribution in [0.15, 0.2) is 10.6 Å². The fraction of sp³-hybridized carbons (Fsp3) is 0.727. The highest BCUT2D eigenvalue weighted by atomic mass is 16.5. The van der Waals surface area contributed by atoms with Crippen molar-refractivity contribution in [3.63, 3.8) is 0 Å². The van der Waals surface area contributed by atoms with Gasteiger partial charge in [0.2, 0.25) is 5.89 Å². The van der Waals surface area contributed by atoms with Crippen molar-refractivity contribution < 1.29 is 9.15 Å². The van der Waals surface area contributed by atoms with Gasteiger partial charge in [0, 0.05) is 6.54 Å². The highest BCUT2D eigenvalue weighted by molar-refractivity contribution is 4.94. The summed E-state index contributed by atoms with van der Waals surface area (Å²) < 4.78 is 10.8. The van der Waals surface area contributed by atoms with Crippen LogP contribution in [-0.2, 0) is 4.74 Å². The predicted molar refractivity (Wildman–Crippen MR) is 58.7 cm³/mol. The maximum absolute atomic E-state index is 5.42. The smallest absolute Gasteiger partial charge is 0.211 e. The van der Waals surface area contributed by atoms with Crippen molar-refractivity contribution in [2.45, 2.75) is 39.8 Å². The van der Waals surface area contributed by atoms with Crippen molar-refractivity contribution in [3.8, 4) is 0 Å². The summed E-state index contributed by atoms with van der Waals surface area (Å²) in [6.07, 6.45) is 2.02. The Hall–Kier alpha value is -0.870. The fourth-order valence-electron chi connectivity index (χ4n) is 1.23. The van der Waals surface area contributed by atoms with Gasteiger partial charge in [-0.1, -0.05) is 0 Å². The van der Waals surface area contributed by atoms with Crippen molar-refractivity contribution in [2.75, 3.05) is 13.2 Å². The monoisotopic (exact) mass is 212 g/mol. The van der Waals surface area contributed by atoms with Crippen LogP contribution in [0.3, 0.4) is 0 Å². The second-order valence-corrected chi connectivity index (χ2v) is 3.90. The number of rotatable bonds is 6. The van der Waals surface area contributed by atoms with Crippen LogP contribution in [-0.4, -0.2) is 24.2 Å². The van der Waals surface area contributed by atoms with E-state index in [2.05, 4.69) is 10.3 Å². The van der Waals surface area contributed by atoms with Crippen LogP contribution in [0.25, 0.3) is 0 Å². The molecule has 4 nitrogen and oxygen atoms in total. The largest absolute Gasteiger partial charge is 0.444 e. The molecule has 0 radical (unpaired) electrons. The summed E-state index contributed by atoms with van der Waals surface area (Å²) in [7, 11) is 0. The Morgan fingerprint density at radius 2 is 2.20 bits per heavy atom. The van der Waals surface area contributed by atoms with Gasteiger partial charge in [-0.2, -0.15) is 0 Å². The molecule has 0 saturated heterocycles. The maximum atomic E-state index is 5.42. The lowest BCUT2D eigenvalue weighted by atomic mass is 10.3. The van der Waals surface area contributed by atoms with E-state index in [9.17, 15) is 0 Å². The second-order valence-electron chi connectivity index (χ2n) is 3.90. The minimum Gasteiger partial charge on any atom is -0.444 e. The molecule has 1 unspecified atom stereocenters. The van der Waals surface area contributed by atoms with Gasteiger partial charge in [0.1, 0.15) is 5.76 Å². The van der Waals surface area contributed by atoms with E-state index in [4.69, 9.17) is 9.15 Å². The summed E-state index contributed by atoms with van der Waals surface area (Å²) in [5.74, 6) is 1.58. The summed E-state index contributed by atoms with van der Waals surface area (Å²) in [5.41, 5.74) is 0. The molecule has 0 amide bonds. The SMILES string of the molecule is Cc1cnc(C(C)NCCOC(C)C)o1. The van der Waals surface area contributed by atoms with E-state index >= 15 is 0 Å². The number of ether oxygens (including phenoxy) is 1. The first-order valence-corrected chi connectivity index (χ1v) is 5.37. The Labute approximate surface area is 91.0 Å². The van der Waals surface area contributed by atoms with Gasteiger partial charge in [0.25, 0.3) is 0 Å². The fourth-order valence-corrected chi connectivity index (χ4v) is 1.23. The van der Waals surface area contributed by atoms with Gasteiger partial charge >= 0.3 is 0 Å². The summed E-state index contributed by atoms with van der Waals surface area (Å²) in [4.78, 5) is 4.16. The van der Waals surface area contributed by atoms with E-state index in [0.717, 1.165) is 18.2 Å². The van der Waals surface area contributed by atoms with Gasteiger partial charge in [0.15, 0.2) is 0 Å².